The predicted octanol–water partition coefficient (Wildman–Crippen LogP) is 9.09. The van der Waals surface area contributed by atoms with Crippen molar-refractivity contribution in [3.05, 3.63) is 93.1 Å². The van der Waals surface area contributed by atoms with Crippen LogP contribution in [0.4, 0.5) is 0 Å². The van der Waals surface area contributed by atoms with E-state index < -0.39 is 0 Å². The lowest BCUT2D eigenvalue weighted by Gasteiger charge is -2.22. The smallest absolute Gasteiger partial charge is 0.158 e. The molecule has 6 nitrogen and oxygen atoms in total. The van der Waals surface area contributed by atoms with E-state index in [2.05, 4.69) is 80.4 Å². The first-order valence-electron chi connectivity index (χ1n) is 14.6. The van der Waals surface area contributed by atoms with Crippen molar-refractivity contribution in [3.8, 4) is 33.6 Å². The number of rotatable bonds is 9. The maximum absolute atomic E-state index is 6.00. The van der Waals surface area contributed by atoms with Gasteiger partial charge in [-0.05, 0) is 109 Å². The summed E-state index contributed by atoms with van der Waals surface area (Å²) in [7, 11) is 0. The highest BCUT2D eigenvalue weighted by Crippen LogP contribution is 2.30. The van der Waals surface area contributed by atoms with E-state index in [0.717, 1.165) is 105 Å². The van der Waals surface area contributed by atoms with Crippen LogP contribution in [0.25, 0.3) is 33.6 Å². The molecule has 2 unspecified atom stereocenters. The van der Waals surface area contributed by atoms with Gasteiger partial charge in [-0.2, -0.15) is 0 Å². The van der Waals surface area contributed by atoms with E-state index in [0.29, 0.717) is 13.2 Å². The molecule has 42 heavy (non-hydrogen) atoms. The third-order valence-electron chi connectivity index (χ3n) is 7.52. The van der Waals surface area contributed by atoms with Gasteiger partial charge in [-0.1, -0.05) is 44.0 Å². The number of ether oxygens (including phenoxy) is 4. The molecular formula is C34H34Br2N2O4. The average Bonchev–Trinajstić information content (AvgIpc) is 3.03. The van der Waals surface area contributed by atoms with Crippen molar-refractivity contribution in [2.45, 2.75) is 64.3 Å². The number of nitrogens with zero attached hydrogens (tertiary/aromatic N) is 2. The monoisotopic (exact) mass is 692 g/mol. The van der Waals surface area contributed by atoms with E-state index in [-0.39, 0.29) is 12.6 Å². The molecule has 0 bridgehead atoms. The molecule has 218 valence electrons. The summed E-state index contributed by atoms with van der Waals surface area (Å²) < 4.78 is 25.4. The minimum absolute atomic E-state index is 0.109. The first-order valence-corrected chi connectivity index (χ1v) is 16.2. The molecule has 2 atom stereocenters. The predicted molar refractivity (Wildman–Crippen MR) is 170 cm³/mol. The fourth-order valence-corrected chi connectivity index (χ4v) is 6.38. The zero-order chi connectivity index (χ0) is 28.7. The average molecular weight is 694 g/mol. The molecule has 2 aromatic carbocycles. The van der Waals surface area contributed by atoms with Crippen molar-refractivity contribution in [1.29, 1.82) is 0 Å². The summed E-state index contributed by atoms with van der Waals surface area (Å²) in [4.78, 5) is 9.48. The Bertz CT molecular complexity index is 1360. The van der Waals surface area contributed by atoms with Gasteiger partial charge in [0.2, 0.25) is 0 Å². The van der Waals surface area contributed by atoms with Crippen LogP contribution < -0.4 is 0 Å². The summed E-state index contributed by atoms with van der Waals surface area (Å²) in [6, 6.07) is 20.9. The van der Waals surface area contributed by atoms with Crippen molar-refractivity contribution >= 4 is 31.9 Å². The lowest BCUT2D eigenvalue weighted by Crippen LogP contribution is -2.22. The fraction of sp³-hybridized carbons (Fsp3) is 0.353. The Morgan fingerprint density at radius 2 is 1.07 bits per heavy atom. The second-order valence-corrected chi connectivity index (χ2v) is 12.6. The van der Waals surface area contributed by atoms with E-state index >= 15 is 0 Å². The van der Waals surface area contributed by atoms with Crippen LogP contribution in [-0.4, -0.2) is 35.8 Å². The Hall–Kier alpha value is -2.46. The Kier molecular flexibility index (Phi) is 10.1. The van der Waals surface area contributed by atoms with Gasteiger partial charge < -0.3 is 18.9 Å². The fourth-order valence-electron chi connectivity index (χ4n) is 5.30. The van der Waals surface area contributed by atoms with Gasteiger partial charge in [0.15, 0.2) is 12.6 Å². The van der Waals surface area contributed by atoms with Crippen LogP contribution in [0.15, 0.2) is 82.0 Å². The van der Waals surface area contributed by atoms with Gasteiger partial charge in [0.05, 0.1) is 24.6 Å². The topological polar surface area (TPSA) is 62.7 Å². The molecule has 0 saturated carbocycles. The number of halogens is 2. The molecule has 2 aliphatic rings. The van der Waals surface area contributed by atoms with Gasteiger partial charge in [0, 0.05) is 45.7 Å². The molecule has 6 rings (SSSR count). The first kappa shape index (κ1) is 29.6. The summed E-state index contributed by atoms with van der Waals surface area (Å²) in [5, 5.41) is 0. The van der Waals surface area contributed by atoms with Crippen molar-refractivity contribution in [1.82, 2.24) is 9.97 Å². The van der Waals surface area contributed by atoms with Gasteiger partial charge in [-0.25, -0.2) is 0 Å². The highest BCUT2D eigenvalue weighted by atomic mass is 79.9. The number of benzene rings is 2. The molecule has 0 spiro atoms. The minimum atomic E-state index is -0.109. The third kappa shape index (κ3) is 7.92. The van der Waals surface area contributed by atoms with E-state index in [9.17, 15) is 0 Å². The Balaban J connectivity index is 1.12. The highest BCUT2D eigenvalue weighted by molar-refractivity contribution is 9.10. The molecule has 4 aromatic rings. The molecule has 8 heteroatoms. The lowest BCUT2D eigenvalue weighted by molar-refractivity contribution is -0.169. The van der Waals surface area contributed by atoms with Gasteiger partial charge in [0.1, 0.15) is 0 Å². The van der Waals surface area contributed by atoms with Gasteiger partial charge in [-0.15, -0.1) is 0 Å². The second kappa shape index (κ2) is 14.3. The Labute approximate surface area is 264 Å². The van der Waals surface area contributed by atoms with Crippen LogP contribution in [0.2, 0.25) is 0 Å². The Morgan fingerprint density at radius 3 is 1.45 bits per heavy atom. The van der Waals surface area contributed by atoms with Crippen molar-refractivity contribution in [3.63, 3.8) is 0 Å². The SMILES string of the molecule is Brc1cc(COC2CCCCO2)cc(-c2ccc(-c3ccc(-c4cc(Br)cc(COC5CCCCO5)c4)cn3)nc2)c1. The number of aromatic nitrogens is 2. The molecule has 0 N–H and O–H groups in total. The largest absolute Gasteiger partial charge is 0.353 e. The molecule has 2 saturated heterocycles. The Morgan fingerprint density at radius 1 is 0.595 bits per heavy atom. The van der Waals surface area contributed by atoms with Crippen LogP contribution in [0.1, 0.15) is 49.7 Å². The van der Waals surface area contributed by atoms with E-state index in [1.165, 1.54) is 0 Å². The summed E-state index contributed by atoms with van der Waals surface area (Å²) >= 11 is 7.31. The number of pyridine rings is 2. The molecule has 0 amide bonds. The van der Waals surface area contributed by atoms with Crippen LogP contribution in [-0.2, 0) is 32.2 Å². The van der Waals surface area contributed by atoms with Gasteiger partial charge in [-0.3, -0.25) is 9.97 Å². The van der Waals surface area contributed by atoms with Gasteiger partial charge in [0.25, 0.3) is 0 Å². The number of hydrogen-bond acceptors (Lipinski definition) is 6. The molecular weight excluding hydrogens is 660 g/mol. The highest BCUT2D eigenvalue weighted by Gasteiger charge is 2.16. The molecule has 0 aliphatic carbocycles. The second-order valence-electron chi connectivity index (χ2n) is 10.8. The quantitative estimate of drug-likeness (QED) is 0.174. The van der Waals surface area contributed by atoms with Crippen LogP contribution >= 0.6 is 31.9 Å². The maximum atomic E-state index is 6.00. The van der Waals surface area contributed by atoms with E-state index in [4.69, 9.17) is 28.9 Å². The van der Waals surface area contributed by atoms with Gasteiger partial charge >= 0.3 is 0 Å². The minimum Gasteiger partial charge on any atom is -0.353 e. The first-order chi connectivity index (χ1) is 20.6. The molecule has 2 aromatic heterocycles. The van der Waals surface area contributed by atoms with Crippen LogP contribution in [0.5, 0.6) is 0 Å². The molecule has 0 radical (unpaired) electrons. The van der Waals surface area contributed by atoms with Crippen LogP contribution in [0.3, 0.4) is 0 Å². The number of hydrogen-bond donors (Lipinski definition) is 0. The summed E-state index contributed by atoms with van der Waals surface area (Å²) in [6.45, 7) is 2.59. The maximum Gasteiger partial charge on any atom is 0.158 e. The zero-order valence-corrected chi connectivity index (χ0v) is 26.6. The van der Waals surface area contributed by atoms with Crippen LogP contribution in [0, 0.1) is 0 Å². The van der Waals surface area contributed by atoms with Crippen molar-refractivity contribution in [2.24, 2.45) is 0 Å². The third-order valence-corrected chi connectivity index (χ3v) is 8.43. The zero-order valence-electron chi connectivity index (χ0n) is 23.4. The molecule has 4 heterocycles. The van der Waals surface area contributed by atoms with Crippen molar-refractivity contribution < 1.29 is 18.9 Å². The standard InChI is InChI=1S/C34H34Br2N2O4/c35-29-15-23(21-41-33-5-1-3-11-39-33)13-27(17-29)25-7-9-31(37-19-25)32-10-8-26(20-38-32)28-14-24(16-30(36)18-28)22-42-34-6-2-4-12-40-34/h7-10,13-20,33-34H,1-6,11-12,21-22H2. The molecule has 2 fully saturated rings. The summed E-state index contributed by atoms with van der Waals surface area (Å²) in [5.74, 6) is 0. The summed E-state index contributed by atoms with van der Waals surface area (Å²) in [6.07, 6.45) is 10.0. The molecule has 2 aliphatic heterocycles. The van der Waals surface area contributed by atoms with E-state index in [1.54, 1.807) is 0 Å². The summed E-state index contributed by atoms with van der Waals surface area (Å²) in [5.41, 5.74) is 8.09. The normalized spacial score (nSPS) is 19.1. The van der Waals surface area contributed by atoms with Crippen molar-refractivity contribution in [2.75, 3.05) is 13.2 Å². The van der Waals surface area contributed by atoms with E-state index in [1.807, 2.05) is 24.5 Å². The lowest BCUT2D eigenvalue weighted by atomic mass is 10.0.